The Kier molecular flexibility index (Phi) is 3.88. The quantitative estimate of drug-likeness (QED) is 0.590. The molecule has 4 nitrogen and oxygen atoms in total. The normalized spacial score (nSPS) is 12.4. The molecule has 3 aromatic carbocycles. The predicted octanol–water partition coefficient (Wildman–Crippen LogP) is 4.56. The van der Waals surface area contributed by atoms with Crippen molar-refractivity contribution in [1.29, 1.82) is 0 Å². The molecule has 130 valence electrons. The third kappa shape index (κ3) is 2.51. The van der Waals surface area contributed by atoms with Crippen LogP contribution in [0.5, 0.6) is 5.75 Å². The number of para-hydroxylation sites is 1. The largest absolute Gasteiger partial charge is 0.497 e. The number of aliphatic carboxylic acids is 1. The smallest absolute Gasteiger partial charge is 0.315 e. The summed E-state index contributed by atoms with van der Waals surface area (Å²) in [6.45, 7) is 0. The number of aryl methyl sites for hydroxylation is 1. The van der Waals surface area contributed by atoms with Crippen LogP contribution < -0.4 is 4.74 Å². The molecule has 0 spiro atoms. The van der Waals surface area contributed by atoms with Gasteiger partial charge in [0.25, 0.3) is 0 Å². The van der Waals surface area contributed by atoms with Gasteiger partial charge in [-0.15, -0.1) is 0 Å². The molecule has 0 aliphatic rings. The van der Waals surface area contributed by atoms with Crippen molar-refractivity contribution in [3.8, 4) is 5.75 Å². The van der Waals surface area contributed by atoms with Crippen LogP contribution in [0.4, 0.5) is 0 Å². The highest BCUT2D eigenvalue weighted by Crippen LogP contribution is 2.33. The number of carboxylic acids is 1. The lowest BCUT2D eigenvalue weighted by molar-refractivity contribution is -0.137. The zero-order valence-corrected chi connectivity index (χ0v) is 14.6. The van der Waals surface area contributed by atoms with Gasteiger partial charge >= 0.3 is 5.97 Å². The molecule has 0 aliphatic carbocycles. The predicted molar refractivity (Wildman–Crippen MR) is 103 cm³/mol. The first-order chi connectivity index (χ1) is 12.6. The lowest BCUT2D eigenvalue weighted by Gasteiger charge is -2.14. The van der Waals surface area contributed by atoms with Crippen LogP contribution in [-0.2, 0) is 11.8 Å². The van der Waals surface area contributed by atoms with Gasteiger partial charge in [-0.2, -0.15) is 0 Å². The van der Waals surface area contributed by atoms with E-state index in [1.807, 2.05) is 49.5 Å². The molecule has 4 heteroatoms. The number of carbonyl (C=O) groups is 1. The number of hydrogen-bond acceptors (Lipinski definition) is 2. The van der Waals surface area contributed by atoms with E-state index in [0.29, 0.717) is 5.75 Å². The maximum Gasteiger partial charge on any atom is 0.315 e. The summed E-state index contributed by atoms with van der Waals surface area (Å²) in [5, 5.41) is 12.1. The van der Waals surface area contributed by atoms with E-state index >= 15 is 0 Å². The molecule has 0 bridgehead atoms. The number of benzene rings is 3. The van der Waals surface area contributed by atoms with Crippen LogP contribution in [0.1, 0.15) is 17.0 Å². The minimum atomic E-state index is -0.866. The minimum Gasteiger partial charge on any atom is -0.497 e. The van der Waals surface area contributed by atoms with Crippen molar-refractivity contribution in [3.63, 3.8) is 0 Å². The fourth-order valence-electron chi connectivity index (χ4n) is 3.64. The molecule has 1 heterocycles. The summed E-state index contributed by atoms with van der Waals surface area (Å²) >= 11 is 0. The Morgan fingerprint density at radius 2 is 1.58 bits per heavy atom. The van der Waals surface area contributed by atoms with Gasteiger partial charge in [0.1, 0.15) is 11.7 Å². The zero-order valence-electron chi connectivity index (χ0n) is 14.6. The Morgan fingerprint density at radius 3 is 2.27 bits per heavy atom. The van der Waals surface area contributed by atoms with Crippen molar-refractivity contribution in [2.24, 2.45) is 7.05 Å². The Bertz CT molecular complexity index is 1110. The third-order valence-electron chi connectivity index (χ3n) is 4.97. The Balaban J connectivity index is 1.89. The molecule has 0 fully saturated rings. The minimum absolute atomic E-state index is 0.711. The van der Waals surface area contributed by atoms with Crippen molar-refractivity contribution < 1.29 is 14.6 Å². The van der Waals surface area contributed by atoms with Crippen molar-refractivity contribution in [2.45, 2.75) is 5.92 Å². The molecule has 0 aliphatic heterocycles. The average molecular weight is 345 g/mol. The number of fused-ring (bicyclic) bond motifs is 3. The van der Waals surface area contributed by atoms with Gasteiger partial charge in [-0.05, 0) is 41.5 Å². The van der Waals surface area contributed by atoms with Crippen molar-refractivity contribution in [3.05, 3.63) is 77.9 Å². The number of hydrogen-bond donors (Lipinski definition) is 1. The second kappa shape index (κ2) is 6.23. The van der Waals surface area contributed by atoms with Gasteiger partial charge in [0.2, 0.25) is 0 Å². The SMILES string of the molecule is COc1ccc(C(C(=O)O)c2ccc3c(c2)c2ccccc2n3C)cc1. The molecule has 4 aromatic rings. The van der Waals surface area contributed by atoms with Crippen LogP contribution in [0.15, 0.2) is 66.7 Å². The molecule has 0 radical (unpaired) electrons. The molecule has 0 amide bonds. The first-order valence-electron chi connectivity index (χ1n) is 8.44. The van der Waals surface area contributed by atoms with E-state index in [1.54, 1.807) is 19.2 Å². The molecule has 0 saturated heterocycles. The van der Waals surface area contributed by atoms with E-state index in [1.165, 1.54) is 0 Å². The standard InChI is InChI=1S/C22H19NO3/c1-23-19-6-4-3-5-17(19)18-13-15(9-12-20(18)23)21(22(24)25)14-7-10-16(26-2)11-8-14/h3-13,21H,1-2H3,(H,24,25). The maximum absolute atomic E-state index is 12.0. The lowest BCUT2D eigenvalue weighted by atomic mass is 9.90. The van der Waals surface area contributed by atoms with Crippen LogP contribution in [0, 0.1) is 0 Å². The fraction of sp³-hybridized carbons (Fsp3) is 0.136. The number of carboxylic acid groups (broad SMARTS) is 1. The summed E-state index contributed by atoms with van der Waals surface area (Å²) in [6.07, 6.45) is 0. The first-order valence-corrected chi connectivity index (χ1v) is 8.44. The lowest BCUT2D eigenvalue weighted by Crippen LogP contribution is -2.13. The summed E-state index contributed by atoms with van der Waals surface area (Å²) in [5.74, 6) is -0.874. The zero-order chi connectivity index (χ0) is 18.3. The molecule has 0 saturated carbocycles. The van der Waals surface area contributed by atoms with Crippen molar-refractivity contribution in [2.75, 3.05) is 7.11 Å². The summed E-state index contributed by atoms with van der Waals surface area (Å²) < 4.78 is 7.31. The Morgan fingerprint density at radius 1 is 0.923 bits per heavy atom. The molecule has 1 unspecified atom stereocenters. The first kappa shape index (κ1) is 16.2. The van der Waals surface area contributed by atoms with Crippen LogP contribution in [0.25, 0.3) is 21.8 Å². The Hall–Kier alpha value is -3.27. The van der Waals surface area contributed by atoms with Gasteiger partial charge in [-0.1, -0.05) is 36.4 Å². The highest BCUT2D eigenvalue weighted by atomic mass is 16.5. The van der Waals surface area contributed by atoms with Crippen molar-refractivity contribution >= 4 is 27.8 Å². The molecule has 1 N–H and O–H groups in total. The third-order valence-corrected chi connectivity index (χ3v) is 4.97. The Labute approximate surface area is 151 Å². The molecule has 1 aromatic heterocycles. The number of aromatic nitrogens is 1. The highest BCUT2D eigenvalue weighted by molar-refractivity contribution is 6.08. The van der Waals surface area contributed by atoms with Gasteiger partial charge < -0.3 is 14.4 Å². The second-order valence-corrected chi connectivity index (χ2v) is 6.40. The maximum atomic E-state index is 12.0. The second-order valence-electron chi connectivity index (χ2n) is 6.40. The average Bonchev–Trinajstić information content (AvgIpc) is 2.95. The van der Waals surface area contributed by atoms with Gasteiger partial charge in [-0.3, -0.25) is 4.79 Å². The summed E-state index contributed by atoms with van der Waals surface area (Å²) in [4.78, 5) is 12.0. The molecule has 4 rings (SSSR count). The van der Waals surface area contributed by atoms with E-state index in [-0.39, 0.29) is 0 Å². The van der Waals surface area contributed by atoms with Crippen molar-refractivity contribution in [1.82, 2.24) is 4.57 Å². The summed E-state index contributed by atoms with van der Waals surface area (Å²) in [6, 6.07) is 21.3. The summed E-state index contributed by atoms with van der Waals surface area (Å²) in [7, 11) is 3.63. The van der Waals surface area contributed by atoms with E-state index in [2.05, 4.69) is 16.7 Å². The number of nitrogens with zero attached hydrogens (tertiary/aromatic N) is 1. The van der Waals surface area contributed by atoms with Crippen LogP contribution in [-0.4, -0.2) is 22.8 Å². The highest BCUT2D eigenvalue weighted by Gasteiger charge is 2.23. The number of methoxy groups -OCH3 is 1. The van der Waals surface area contributed by atoms with Gasteiger partial charge in [0.15, 0.2) is 0 Å². The van der Waals surface area contributed by atoms with Gasteiger partial charge in [-0.25, -0.2) is 0 Å². The summed E-state index contributed by atoms with van der Waals surface area (Å²) in [5.41, 5.74) is 3.73. The van der Waals surface area contributed by atoms with E-state index in [9.17, 15) is 9.90 Å². The van der Waals surface area contributed by atoms with Crippen LogP contribution in [0.2, 0.25) is 0 Å². The number of rotatable bonds is 4. The van der Waals surface area contributed by atoms with Gasteiger partial charge in [0, 0.05) is 28.9 Å². The molecular formula is C22H19NO3. The van der Waals surface area contributed by atoms with E-state index in [0.717, 1.165) is 32.9 Å². The fourth-order valence-corrected chi connectivity index (χ4v) is 3.64. The molecule has 1 atom stereocenters. The monoisotopic (exact) mass is 345 g/mol. The van der Waals surface area contributed by atoms with Crippen LogP contribution in [0.3, 0.4) is 0 Å². The molecular weight excluding hydrogens is 326 g/mol. The molecule has 26 heavy (non-hydrogen) atoms. The van der Waals surface area contributed by atoms with E-state index < -0.39 is 11.9 Å². The number of ether oxygens (including phenoxy) is 1. The van der Waals surface area contributed by atoms with Crippen LogP contribution >= 0.6 is 0 Å². The topological polar surface area (TPSA) is 51.5 Å². The van der Waals surface area contributed by atoms with Gasteiger partial charge in [0.05, 0.1) is 7.11 Å². The van der Waals surface area contributed by atoms with E-state index in [4.69, 9.17) is 4.74 Å².